The number of nitrogens with one attached hydrogen (secondary N) is 2. The van der Waals surface area contributed by atoms with Crippen LogP contribution in [0.1, 0.15) is 34.6 Å². The van der Waals surface area contributed by atoms with Crippen LogP contribution < -0.4 is 10.6 Å². The van der Waals surface area contributed by atoms with Crippen molar-refractivity contribution in [3.8, 4) is 0 Å². The Bertz CT molecular complexity index is 864. The fourth-order valence-corrected chi connectivity index (χ4v) is 2.47. The second-order valence-electron chi connectivity index (χ2n) is 5.81. The van der Waals surface area contributed by atoms with Gasteiger partial charge in [-0.15, -0.1) is 0 Å². The largest absolute Gasteiger partial charge is 0.348 e. The zero-order chi connectivity index (χ0) is 17.6. The van der Waals surface area contributed by atoms with E-state index in [-0.39, 0.29) is 11.9 Å². The Kier molecular flexibility index (Phi) is 5.04. The van der Waals surface area contributed by atoms with Crippen molar-refractivity contribution < 1.29 is 4.79 Å². The van der Waals surface area contributed by atoms with Crippen LogP contribution in [0.3, 0.4) is 0 Å². The maximum atomic E-state index is 12.4. The average Bonchev–Trinajstić information content (AvgIpc) is 2.64. The van der Waals surface area contributed by atoms with Gasteiger partial charge >= 0.3 is 0 Å². The maximum absolute atomic E-state index is 12.4. The fourth-order valence-electron chi connectivity index (χ4n) is 2.47. The van der Waals surface area contributed by atoms with E-state index in [4.69, 9.17) is 0 Å². The number of aryl methyl sites for hydroxylation is 1. The molecule has 0 radical (unpaired) electrons. The molecule has 1 aromatic heterocycles. The van der Waals surface area contributed by atoms with Crippen LogP contribution >= 0.6 is 0 Å². The highest BCUT2D eigenvalue weighted by Crippen LogP contribution is 2.17. The number of aromatic nitrogens is 2. The van der Waals surface area contributed by atoms with Crippen molar-refractivity contribution in [1.29, 1.82) is 0 Å². The van der Waals surface area contributed by atoms with Crippen LogP contribution in [0.25, 0.3) is 0 Å². The molecule has 2 aromatic carbocycles. The number of carbonyl (C=O) groups is 1. The van der Waals surface area contributed by atoms with Crippen molar-refractivity contribution in [3.05, 3.63) is 83.7 Å². The van der Waals surface area contributed by atoms with Gasteiger partial charge in [-0.2, -0.15) is 0 Å². The second-order valence-corrected chi connectivity index (χ2v) is 5.81. The van der Waals surface area contributed by atoms with Gasteiger partial charge in [0.15, 0.2) is 0 Å². The maximum Gasteiger partial charge on any atom is 0.274 e. The molecule has 0 fully saturated rings. The predicted molar refractivity (Wildman–Crippen MR) is 99.6 cm³/mol. The van der Waals surface area contributed by atoms with Gasteiger partial charge in [0.05, 0.1) is 6.04 Å². The van der Waals surface area contributed by atoms with Gasteiger partial charge in [0.25, 0.3) is 5.91 Å². The third-order valence-electron chi connectivity index (χ3n) is 3.93. The SMILES string of the molecule is Cc1ccccc1NC(=O)c1ccnc(NC(C)c2ccccc2)n1. The molecule has 5 nitrogen and oxygen atoms in total. The molecule has 0 saturated carbocycles. The number of hydrogen-bond acceptors (Lipinski definition) is 4. The number of carbonyl (C=O) groups excluding carboxylic acids is 1. The lowest BCUT2D eigenvalue weighted by Gasteiger charge is -2.14. The summed E-state index contributed by atoms with van der Waals surface area (Å²) in [6.45, 7) is 3.98. The van der Waals surface area contributed by atoms with E-state index in [1.807, 2.05) is 68.4 Å². The average molecular weight is 332 g/mol. The van der Waals surface area contributed by atoms with Gasteiger partial charge in [-0.3, -0.25) is 4.79 Å². The molecule has 2 N–H and O–H groups in total. The summed E-state index contributed by atoms with van der Waals surface area (Å²) in [6, 6.07) is 19.3. The minimum absolute atomic E-state index is 0.0379. The van der Waals surface area contributed by atoms with E-state index >= 15 is 0 Å². The molecular formula is C20H20N4O. The van der Waals surface area contributed by atoms with E-state index in [2.05, 4.69) is 20.6 Å². The van der Waals surface area contributed by atoms with Gasteiger partial charge in [0.1, 0.15) is 5.69 Å². The number of amides is 1. The Morgan fingerprint density at radius 3 is 2.48 bits per heavy atom. The van der Waals surface area contributed by atoms with E-state index in [0.29, 0.717) is 11.6 Å². The molecule has 5 heteroatoms. The Balaban J connectivity index is 1.73. The standard InChI is InChI=1S/C20H20N4O/c1-14-8-6-7-11-17(14)23-19(25)18-12-13-21-20(24-18)22-15(2)16-9-4-3-5-10-16/h3-13,15H,1-2H3,(H,23,25)(H,21,22,24). The van der Waals surface area contributed by atoms with Gasteiger partial charge in [-0.05, 0) is 37.1 Å². The lowest BCUT2D eigenvalue weighted by Crippen LogP contribution is -2.16. The molecule has 0 aliphatic carbocycles. The highest BCUT2D eigenvalue weighted by molar-refractivity contribution is 6.03. The summed E-state index contributed by atoms with van der Waals surface area (Å²) < 4.78 is 0. The van der Waals surface area contributed by atoms with Gasteiger partial charge in [0.2, 0.25) is 5.95 Å². The van der Waals surface area contributed by atoms with Crippen molar-refractivity contribution in [1.82, 2.24) is 9.97 Å². The first-order valence-corrected chi connectivity index (χ1v) is 8.15. The Morgan fingerprint density at radius 1 is 1.00 bits per heavy atom. The first kappa shape index (κ1) is 16.6. The van der Waals surface area contributed by atoms with E-state index in [0.717, 1.165) is 16.8 Å². The molecule has 3 rings (SSSR count). The third kappa shape index (κ3) is 4.20. The van der Waals surface area contributed by atoms with Crippen molar-refractivity contribution in [2.75, 3.05) is 10.6 Å². The zero-order valence-electron chi connectivity index (χ0n) is 14.2. The normalized spacial score (nSPS) is 11.6. The second kappa shape index (κ2) is 7.57. The van der Waals surface area contributed by atoms with Crippen LogP contribution in [0, 0.1) is 6.92 Å². The summed E-state index contributed by atoms with van der Waals surface area (Å²) in [5, 5.41) is 6.11. The van der Waals surface area contributed by atoms with Gasteiger partial charge < -0.3 is 10.6 Å². The molecule has 1 unspecified atom stereocenters. The van der Waals surface area contributed by atoms with E-state index in [1.165, 1.54) is 0 Å². The highest BCUT2D eigenvalue weighted by Gasteiger charge is 2.12. The summed E-state index contributed by atoms with van der Waals surface area (Å²) >= 11 is 0. The van der Waals surface area contributed by atoms with Crippen LogP contribution in [0.15, 0.2) is 66.9 Å². The molecule has 126 valence electrons. The van der Waals surface area contributed by atoms with Crippen LogP contribution in [0.2, 0.25) is 0 Å². The lowest BCUT2D eigenvalue weighted by molar-refractivity contribution is 0.102. The highest BCUT2D eigenvalue weighted by atomic mass is 16.1. The van der Waals surface area contributed by atoms with Gasteiger partial charge in [0, 0.05) is 11.9 Å². The molecule has 0 aliphatic rings. The summed E-state index contributed by atoms with van der Waals surface area (Å²) in [7, 11) is 0. The van der Waals surface area contributed by atoms with E-state index in [1.54, 1.807) is 12.3 Å². The molecule has 25 heavy (non-hydrogen) atoms. The minimum Gasteiger partial charge on any atom is -0.348 e. The first-order valence-electron chi connectivity index (χ1n) is 8.15. The van der Waals surface area contributed by atoms with Crippen molar-refractivity contribution in [2.24, 2.45) is 0 Å². The third-order valence-corrected chi connectivity index (χ3v) is 3.93. The Morgan fingerprint density at radius 2 is 1.72 bits per heavy atom. The first-order chi connectivity index (χ1) is 12.1. The topological polar surface area (TPSA) is 66.9 Å². The zero-order valence-corrected chi connectivity index (χ0v) is 14.2. The van der Waals surface area contributed by atoms with Gasteiger partial charge in [-0.25, -0.2) is 9.97 Å². The summed E-state index contributed by atoms with van der Waals surface area (Å²) in [4.78, 5) is 21.0. The Labute approximate surface area is 147 Å². The van der Waals surface area contributed by atoms with Crippen LogP contribution in [0.4, 0.5) is 11.6 Å². The molecule has 0 spiro atoms. The van der Waals surface area contributed by atoms with Crippen molar-refractivity contribution in [2.45, 2.75) is 19.9 Å². The molecule has 1 atom stereocenters. The number of rotatable bonds is 5. The van der Waals surface area contributed by atoms with Crippen LogP contribution in [-0.2, 0) is 0 Å². The lowest BCUT2D eigenvalue weighted by atomic mass is 10.1. The minimum atomic E-state index is -0.257. The predicted octanol–water partition coefficient (Wildman–Crippen LogP) is 4.21. The Hall–Kier alpha value is -3.21. The molecule has 0 bridgehead atoms. The molecule has 0 aliphatic heterocycles. The number of anilines is 2. The van der Waals surface area contributed by atoms with Crippen molar-refractivity contribution in [3.63, 3.8) is 0 Å². The molecule has 0 saturated heterocycles. The van der Waals surface area contributed by atoms with E-state index < -0.39 is 0 Å². The number of benzene rings is 2. The molecular weight excluding hydrogens is 312 g/mol. The van der Waals surface area contributed by atoms with Crippen molar-refractivity contribution >= 4 is 17.5 Å². The molecule has 3 aromatic rings. The molecule has 1 heterocycles. The monoisotopic (exact) mass is 332 g/mol. The smallest absolute Gasteiger partial charge is 0.274 e. The summed E-state index contributed by atoms with van der Waals surface area (Å²) in [6.07, 6.45) is 1.58. The number of para-hydroxylation sites is 1. The fraction of sp³-hybridized carbons (Fsp3) is 0.150. The summed E-state index contributed by atoms with van der Waals surface area (Å²) in [5.41, 5.74) is 3.22. The number of nitrogens with zero attached hydrogens (tertiary/aromatic N) is 2. The summed E-state index contributed by atoms with van der Waals surface area (Å²) in [5.74, 6) is 0.168. The van der Waals surface area contributed by atoms with Gasteiger partial charge in [-0.1, -0.05) is 48.5 Å². The molecule has 1 amide bonds. The van der Waals surface area contributed by atoms with Crippen LogP contribution in [-0.4, -0.2) is 15.9 Å². The quantitative estimate of drug-likeness (QED) is 0.734. The number of hydrogen-bond donors (Lipinski definition) is 2. The van der Waals surface area contributed by atoms with Crippen LogP contribution in [0.5, 0.6) is 0 Å². The van der Waals surface area contributed by atoms with E-state index in [9.17, 15) is 4.79 Å².